The van der Waals surface area contributed by atoms with Crippen LogP contribution < -0.4 is 0 Å². The van der Waals surface area contributed by atoms with E-state index >= 15 is 0 Å². The predicted octanol–water partition coefficient (Wildman–Crippen LogP) is 11.6. The lowest BCUT2D eigenvalue weighted by Gasteiger charge is -1.73. The van der Waals surface area contributed by atoms with Crippen molar-refractivity contribution in [3.8, 4) is 0 Å². The predicted molar refractivity (Wildman–Crippen MR) is 159 cm³/mol. The van der Waals surface area contributed by atoms with Crippen LogP contribution in [0.1, 0.15) is 60.8 Å². The summed E-state index contributed by atoms with van der Waals surface area (Å²) in [6.45, 7) is 43.8. The highest BCUT2D eigenvalue weighted by molar-refractivity contribution is 4.89. The average Bonchev–Trinajstić information content (AvgIpc) is 2.84. The molecule has 0 unspecified atom stereocenters. The van der Waals surface area contributed by atoms with Gasteiger partial charge in [0.2, 0.25) is 0 Å². The molecule has 0 bridgehead atoms. The average molecular weight is 429 g/mol. The van der Waals surface area contributed by atoms with Gasteiger partial charge < -0.3 is 0 Å². The van der Waals surface area contributed by atoms with E-state index < -0.39 is 0 Å². The summed E-state index contributed by atoms with van der Waals surface area (Å²) in [4.78, 5) is 0. The van der Waals surface area contributed by atoms with Crippen LogP contribution in [0.25, 0.3) is 0 Å². The molecule has 0 atom stereocenters. The van der Waals surface area contributed by atoms with E-state index in [1.807, 2.05) is 78.0 Å². The molecule has 31 heavy (non-hydrogen) atoms. The van der Waals surface area contributed by atoms with Crippen molar-refractivity contribution in [2.45, 2.75) is 60.8 Å². The van der Waals surface area contributed by atoms with E-state index in [9.17, 15) is 0 Å². The zero-order valence-electron chi connectivity index (χ0n) is 22.1. The van der Waals surface area contributed by atoms with Crippen molar-refractivity contribution in [1.29, 1.82) is 0 Å². The van der Waals surface area contributed by atoms with Crippen LogP contribution in [0, 0.1) is 0 Å². The zero-order valence-corrected chi connectivity index (χ0v) is 22.1. The molecular weight excluding hydrogens is 372 g/mol. The molecule has 0 N–H and O–H groups in total. The first-order valence-corrected chi connectivity index (χ1v) is 10.4. The second-order valence-corrected chi connectivity index (χ2v) is 4.36. The zero-order chi connectivity index (χ0) is 26.6. The first kappa shape index (κ1) is 51.1. The van der Waals surface area contributed by atoms with Crippen LogP contribution in [0.15, 0.2) is 139 Å². The fourth-order valence-corrected chi connectivity index (χ4v) is 0.701. The van der Waals surface area contributed by atoms with E-state index in [0.717, 1.165) is 19.3 Å². The summed E-state index contributed by atoms with van der Waals surface area (Å²) in [5.41, 5.74) is 0. The van der Waals surface area contributed by atoms with Gasteiger partial charge in [-0.05, 0) is 60.8 Å². The number of hydrogen-bond donors (Lipinski definition) is 0. The van der Waals surface area contributed by atoms with Gasteiger partial charge in [-0.1, -0.05) is 72.9 Å². The Labute approximate surface area is 199 Å². The van der Waals surface area contributed by atoms with E-state index in [4.69, 9.17) is 0 Å². The van der Waals surface area contributed by atoms with Crippen LogP contribution in [0.3, 0.4) is 0 Å². The highest BCUT2D eigenvalue weighted by Crippen LogP contribution is 1.82. The quantitative estimate of drug-likeness (QED) is 0.369. The largest absolute Gasteiger partial charge is 0.106 e. The molecule has 0 amide bonds. The normalized spacial score (nSPS) is 7.55. The lowest BCUT2D eigenvalue weighted by molar-refractivity contribution is 1.36. The third-order valence-corrected chi connectivity index (χ3v) is 1.95. The Hall–Kier alpha value is -2.86. The van der Waals surface area contributed by atoms with Gasteiger partial charge in [-0.3, -0.25) is 0 Å². The molecule has 0 aliphatic heterocycles. The molecule has 0 saturated carbocycles. The van der Waals surface area contributed by atoms with Gasteiger partial charge in [0.05, 0.1) is 0 Å². The summed E-state index contributed by atoms with van der Waals surface area (Å²) in [5, 5.41) is 0. The van der Waals surface area contributed by atoms with Crippen molar-refractivity contribution in [3.05, 3.63) is 139 Å². The summed E-state index contributed by atoms with van der Waals surface area (Å²) in [7, 11) is 0. The molecule has 0 radical (unpaired) electrons. The van der Waals surface area contributed by atoms with Crippen LogP contribution >= 0.6 is 0 Å². The van der Waals surface area contributed by atoms with Crippen molar-refractivity contribution in [2.24, 2.45) is 0 Å². The Bertz CT molecular complexity index is 350. The van der Waals surface area contributed by atoms with E-state index in [1.54, 1.807) is 6.08 Å². The molecule has 0 heterocycles. The van der Waals surface area contributed by atoms with Gasteiger partial charge in [0.1, 0.15) is 0 Å². The van der Waals surface area contributed by atoms with Crippen LogP contribution in [0.5, 0.6) is 0 Å². The van der Waals surface area contributed by atoms with Gasteiger partial charge in [0.25, 0.3) is 0 Å². The van der Waals surface area contributed by atoms with Crippen molar-refractivity contribution in [1.82, 2.24) is 0 Å². The monoisotopic (exact) mass is 428 g/mol. The minimum Gasteiger partial charge on any atom is -0.106 e. The molecule has 0 aliphatic carbocycles. The SMILES string of the molecule is C/C=C/C.C/C=C/C/C=C/C.C=C.C=C.C=C.C=CC.C=CC/C=C/C.C=CCC=C. The van der Waals surface area contributed by atoms with Crippen molar-refractivity contribution in [3.63, 3.8) is 0 Å². The number of allylic oxidation sites excluding steroid dienone is 12. The van der Waals surface area contributed by atoms with Gasteiger partial charge in [-0.15, -0.1) is 65.8 Å². The number of rotatable bonds is 6. The summed E-state index contributed by atoms with van der Waals surface area (Å²) in [6, 6.07) is 0. The number of hydrogen-bond acceptors (Lipinski definition) is 0. The Balaban J connectivity index is -0.0000000341. The molecule has 0 aliphatic rings. The Morgan fingerprint density at radius 3 is 0.710 bits per heavy atom. The van der Waals surface area contributed by atoms with E-state index in [-0.39, 0.29) is 0 Å². The van der Waals surface area contributed by atoms with Gasteiger partial charge in [-0.2, -0.15) is 0 Å². The molecule has 0 aromatic heterocycles. The summed E-state index contributed by atoms with van der Waals surface area (Å²) < 4.78 is 0. The molecule has 0 heteroatoms. The Morgan fingerprint density at radius 2 is 0.613 bits per heavy atom. The fourth-order valence-electron chi connectivity index (χ4n) is 0.701. The van der Waals surface area contributed by atoms with E-state index in [0.29, 0.717) is 0 Å². The maximum absolute atomic E-state index is 3.55. The molecule has 0 aromatic rings. The fraction of sp³-hybridized carbons (Fsp3) is 0.290. The van der Waals surface area contributed by atoms with Gasteiger partial charge in [0, 0.05) is 0 Å². The standard InChI is InChI=1S/C7H12.C6H10.C5H8.C4H8.C3H6.3C2H4/c1-3-5-7-6-4-2;1-3-5-6-4-2;1-3-5-4-2;1-3-4-2;1-3-2;3*1-2/h3-6H,7H2,1-2H3;3-4,6H,1,5H2,2H3;3-4H,1-2,5H2;3-4H,1-2H3;3H,1H2,2H3;3*1-2H2/b5-3+,6-4+;6-4+;;4-3+;;;;. The van der Waals surface area contributed by atoms with E-state index in [2.05, 4.69) is 96.2 Å². The Kier molecular flexibility index (Phi) is 207. The van der Waals surface area contributed by atoms with Crippen molar-refractivity contribution < 1.29 is 0 Å². The first-order chi connectivity index (χ1) is 15.1. The minimum absolute atomic E-state index is 0.917. The molecule has 0 fully saturated rings. The third kappa shape index (κ3) is 336. The van der Waals surface area contributed by atoms with Crippen LogP contribution in [-0.2, 0) is 0 Å². The van der Waals surface area contributed by atoms with Gasteiger partial charge in [0.15, 0.2) is 0 Å². The smallest absolute Gasteiger partial charge is 0.0169 e. The van der Waals surface area contributed by atoms with Crippen molar-refractivity contribution in [2.75, 3.05) is 0 Å². The summed E-state index contributed by atoms with van der Waals surface area (Å²) in [5.74, 6) is 0. The van der Waals surface area contributed by atoms with Crippen molar-refractivity contribution >= 4 is 0 Å². The topological polar surface area (TPSA) is 0 Å². The van der Waals surface area contributed by atoms with Crippen LogP contribution in [0.2, 0.25) is 0 Å². The molecule has 0 nitrogen and oxygen atoms in total. The minimum atomic E-state index is 0.917. The lowest BCUT2D eigenvalue weighted by Crippen LogP contribution is -1.52. The highest BCUT2D eigenvalue weighted by atomic mass is 13.7. The summed E-state index contributed by atoms with van der Waals surface area (Å²) >= 11 is 0. The second-order valence-electron chi connectivity index (χ2n) is 4.36. The second kappa shape index (κ2) is 126. The molecule has 0 spiro atoms. The Morgan fingerprint density at radius 1 is 0.387 bits per heavy atom. The lowest BCUT2D eigenvalue weighted by atomic mass is 10.3. The molecule has 180 valence electrons. The molecule has 0 rings (SSSR count). The van der Waals surface area contributed by atoms with Gasteiger partial charge in [-0.25, -0.2) is 0 Å². The van der Waals surface area contributed by atoms with Crippen LogP contribution in [-0.4, -0.2) is 0 Å². The maximum atomic E-state index is 3.55. The third-order valence-electron chi connectivity index (χ3n) is 1.95. The molecular formula is C31H56. The molecule has 0 saturated heterocycles. The summed E-state index contributed by atoms with van der Waals surface area (Å²) in [6.07, 6.45) is 26.7. The van der Waals surface area contributed by atoms with Crippen LogP contribution in [0.4, 0.5) is 0 Å². The molecule has 0 aromatic carbocycles. The maximum Gasteiger partial charge on any atom is -0.0169 e. The van der Waals surface area contributed by atoms with E-state index in [1.165, 1.54) is 0 Å². The van der Waals surface area contributed by atoms with Gasteiger partial charge >= 0.3 is 0 Å². The highest BCUT2D eigenvalue weighted by Gasteiger charge is 1.61. The first-order valence-electron chi connectivity index (χ1n) is 10.4.